The molecule has 1 N–H and O–H groups in total. The highest BCUT2D eigenvalue weighted by Gasteiger charge is 2.41. The molecule has 1 aliphatic carbocycles. The Morgan fingerprint density at radius 3 is 2.58 bits per heavy atom. The van der Waals surface area contributed by atoms with E-state index in [0.29, 0.717) is 18.1 Å². The van der Waals surface area contributed by atoms with Crippen LogP contribution in [0.1, 0.15) is 35.6 Å². The Morgan fingerprint density at radius 1 is 1.08 bits per heavy atom. The predicted octanol–water partition coefficient (Wildman–Crippen LogP) is 3.49. The molecule has 2 aliphatic rings. The number of rotatable bonds is 4. The summed E-state index contributed by atoms with van der Waals surface area (Å²) in [6.45, 7) is 0.944. The van der Waals surface area contributed by atoms with Gasteiger partial charge in [-0.25, -0.2) is 0 Å². The van der Waals surface area contributed by atoms with E-state index in [0.717, 1.165) is 36.0 Å². The van der Waals surface area contributed by atoms with Crippen molar-refractivity contribution in [1.29, 1.82) is 0 Å². The Hall–Kier alpha value is -2.33. The summed E-state index contributed by atoms with van der Waals surface area (Å²) in [5, 5.41) is 3.60. The highest BCUT2D eigenvalue weighted by atomic mass is 35.5. The fourth-order valence-corrected chi connectivity index (χ4v) is 3.77. The van der Waals surface area contributed by atoms with Gasteiger partial charge in [0.1, 0.15) is 6.04 Å². The van der Waals surface area contributed by atoms with Gasteiger partial charge in [-0.1, -0.05) is 54.1 Å². The minimum absolute atomic E-state index is 0.0964. The normalized spacial score (nSPS) is 19.0. The van der Waals surface area contributed by atoms with Crippen LogP contribution >= 0.6 is 11.6 Å². The topological polar surface area (TPSA) is 49.4 Å². The molecule has 0 bridgehead atoms. The molecule has 0 radical (unpaired) electrons. The minimum atomic E-state index is -0.560. The van der Waals surface area contributed by atoms with Gasteiger partial charge in [-0.2, -0.15) is 0 Å². The molecule has 1 aliphatic heterocycles. The van der Waals surface area contributed by atoms with Gasteiger partial charge in [0, 0.05) is 24.0 Å². The maximum Gasteiger partial charge on any atom is 0.247 e. The Balaban J connectivity index is 1.58. The maximum atomic E-state index is 13.1. The van der Waals surface area contributed by atoms with Crippen LogP contribution in [-0.2, 0) is 22.6 Å². The van der Waals surface area contributed by atoms with Crippen molar-refractivity contribution in [2.45, 2.75) is 31.8 Å². The molecule has 4 rings (SSSR count). The number of nitrogens with one attached hydrogen (secondary N) is 1. The third-order valence-corrected chi connectivity index (χ3v) is 5.52. The lowest BCUT2D eigenvalue weighted by atomic mass is 9.91. The minimum Gasteiger partial charge on any atom is -0.350 e. The van der Waals surface area contributed by atoms with E-state index in [9.17, 15) is 9.59 Å². The second-order valence-corrected chi connectivity index (χ2v) is 7.37. The summed E-state index contributed by atoms with van der Waals surface area (Å²) in [6, 6.07) is 14.8. The van der Waals surface area contributed by atoms with E-state index in [-0.39, 0.29) is 17.7 Å². The first-order valence-corrected chi connectivity index (χ1v) is 9.42. The summed E-state index contributed by atoms with van der Waals surface area (Å²) in [7, 11) is 0. The van der Waals surface area contributed by atoms with Crippen LogP contribution in [0.25, 0.3) is 0 Å². The van der Waals surface area contributed by atoms with Gasteiger partial charge >= 0.3 is 0 Å². The Kier molecular flexibility index (Phi) is 4.68. The standard InChI is InChI=1S/C21H21ClN2O2/c22-18-8-4-2-6-16(18)13-23-20(25)19-17-7-3-1-5-14(17)11-12-24(19)21(26)15-9-10-15/h1-8,15,19H,9-13H2,(H,23,25)/t19-/m0/s1. The molecule has 1 heterocycles. The van der Waals surface area contributed by atoms with Gasteiger partial charge in [-0.3, -0.25) is 9.59 Å². The molecule has 2 aromatic rings. The second kappa shape index (κ2) is 7.12. The number of amides is 2. The number of carbonyl (C=O) groups is 2. The number of halogens is 1. The van der Waals surface area contributed by atoms with Crippen molar-refractivity contribution in [3.8, 4) is 0 Å². The van der Waals surface area contributed by atoms with E-state index in [1.54, 1.807) is 4.90 Å². The van der Waals surface area contributed by atoms with E-state index in [4.69, 9.17) is 11.6 Å². The van der Waals surface area contributed by atoms with E-state index in [1.807, 2.05) is 48.5 Å². The molecule has 1 fully saturated rings. The first-order chi connectivity index (χ1) is 12.6. The fraction of sp³-hybridized carbons (Fsp3) is 0.333. The molecule has 1 atom stereocenters. The predicted molar refractivity (Wildman–Crippen MR) is 101 cm³/mol. The molecule has 0 aromatic heterocycles. The van der Waals surface area contributed by atoms with Crippen LogP contribution < -0.4 is 5.32 Å². The molecular formula is C21H21ClN2O2. The molecule has 26 heavy (non-hydrogen) atoms. The Bertz CT molecular complexity index is 847. The lowest BCUT2D eigenvalue weighted by molar-refractivity contribution is -0.142. The van der Waals surface area contributed by atoms with E-state index in [2.05, 4.69) is 5.32 Å². The van der Waals surface area contributed by atoms with Crippen molar-refractivity contribution >= 4 is 23.4 Å². The second-order valence-electron chi connectivity index (χ2n) is 6.97. The number of fused-ring (bicyclic) bond motifs is 1. The summed E-state index contributed by atoms with van der Waals surface area (Å²) >= 11 is 6.19. The van der Waals surface area contributed by atoms with Crippen LogP contribution in [0.4, 0.5) is 0 Å². The highest BCUT2D eigenvalue weighted by molar-refractivity contribution is 6.31. The van der Waals surface area contributed by atoms with Gasteiger partial charge in [0.25, 0.3) is 0 Å². The van der Waals surface area contributed by atoms with Crippen molar-refractivity contribution in [1.82, 2.24) is 10.2 Å². The summed E-state index contributed by atoms with van der Waals surface area (Å²) in [5.74, 6) is 0.0580. The zero-order valence-corrected chi connectivity index (χ0v) is 15.2. The summed E-state index contributed by atoms with van der Waals surface area (Å²) in [4.78, 5) is 27.6. The number of carbonyl (C=O) groups excluding carboxylic acids is 2. The van der Waals surface area contributed by atoms with E-state index in [1.165, 1.54) is 0 Å². The Morgan fingerprint density at radius 2 is 1.81 bits per heavy atom. The van der Waals surface area contributed by atoms with Crippen LogP contribution in [-0.4, -0.2) is 23.3 Å². The molecule has 5 heteroatoms. The molecule has 2 aromatic carbocycles. The molecule has 0 saturated heterocycles. The summed E-state index contributed by atoms with van der Waals surface area (Å²) < 4.78 is 0. The van der Waals surface area contributed by atoms with Crippen molar-refractivity contribution in [2.24, 2.45) is 5.92 Å². The first kappa shape index (κ1) is 17.1. The van der Waals surface area contributed by atoms with Gasteiger partial charge in [-0.05, 0) is 42.0 Å². The zero-order chi connectivity index (χ0) is 18.1. The maximum absolute atomic E-state index is 13.1. The van der Waals surface area contributed by atoms with Crippen LogP contribution in [0.3, 0.4) is 0 Å². The van der Waals surface area contributed by atoms with E-state index >= 15 is 0 Å². The molecule has 4 nitrogen and oxygen atoms in total. The SMILES string of the molecule is O=C(NCc1ccccc1Cl)[C@@H]1c2ccccc2CCN1C(=O)C1CC1. The smallest absolute Gasteiger partial charge is 0.247 e. The zero-order valence-electron chi connectivity index (χ0n) is 14.5. The first-order valence-electron chi connectivity index (χ1n) is 9.04. The lowest BCUT2D eigenvalue weighted by Crippen LogP contribution is -2.47. The van der Waals surface area contributed by atoms with Gasteiger partial charge in [-0.15, -0.1) is 0 Å². The van der Waals surface area contributed by atoms with Crippen LogP contribution in [0.2, 0.25) is 5.02 Å². The average Bonchev–Trinajstić information content (AvgIpc) is 3.51. The Labute approximate surface area is 158 Å². The van der Waals surface area contributed by atoms with Crippen LogP contribution in [0, 0.1) is 5.92 Å². The molecular weight excluding hydrogens is 348 g/mol. The third-order valence-electron chi connectivity index (χ3n) is 5.15. The quantitative estimate of drug-likeness (QED) is 0.898. The number of nitrogens with zero attached hydrogens (tertiary/aromatic N) is 1. The summed E-state index contributed by atoms with van der Waals surface area (Å²) in [5.41, 5.74) is 2.95. The van der Waals surface area contributed by atoms with Crippen molar-refractivity contribution < 1.29 is 9.59 Å². The van der Waals surface area contributed by atoms with Crippen LogP contribution in [0.5, 0.6) is 0 Å². The van der Waals surface area contributed by atoms with Gasteiger partial charge in [0.15, 0.2) is 0 Å². The summed E-state index contributed by atoms with van der Waals surface area (Å²) in [6.07, 6.45) is 2.67. The van der Waals surface area contributed by atoms with E-state index < -0.39 is 6.04 Å². The van der Waals surface area contributed by atoms with Crippen molar-refractivity contribution in [2.75, 3.05) is 6.54 Å². The number of hydrogen-bond donors (Lipinski definition) is 1. The van der Waals surface area contributed by atoms with Crippen molar-refractivity contribution in [3.05, 3.63) is 70.2 Å². The molecule has 0 unspecified atom stereocenters. The number of hydrogen-bond acceptors (Lipinski definition) is 2. The largest absolute Gasteiger partial charge is 0.350 e. The fourth-order valence-electron chi connectivity index (χ4n) is 3.57. The average molecular weight is 369 g/mol. The van der Waals surface area contributed by atoms with Gasteiger partial charge < -0.3 is 10.2 Å². The van der Waals surface area contributed by atoms with Crippen molar-refractivity contribution in [3.63, 3.8) is 0 Å². The molecule has 2 amide bonds. The third kappa shape index (κ3) is 3.34. The van der Waals surface area contributed by atoms with Crippen LogP contribution in [0.15, 0.2) is 48.5 Å². The highest BCUT2D eigenvalue weighted by Crippen LogP contribution is 2.37. The molecule has 0 spiro atoms. The molecule has 134 valence electrons. The van der Waals surface area contributed by atoms with Gasteiger partial charge in [0.05, 0.1) is 0 Å². The monoisotopic (exact) mass is 368 g/mol. The number of benzene rings is 2. The molecule has 1 saturated carbocycles. The lowest BCUT2D eigenvalue weighted by Gasteiger charge is -2.36. The van der Waals surface area contributed by atoms with Gasteiger partial charge in [0.2, 0.25) is 11.8 Å².